The highest BCUT2D eigenvalue weighted by Crippen LogP contribution is 2.10. The Kier molecular flexibility index (Phi) is 12.3. The van der Waals surface area contributed by atoms with Crippen molar-refractivity contribution in [1.29, 1.82) is 0 Å². The summed E-state index contributed by atoms with van der Waals surface area (Å²) in [7, 11) is 0. The van der Waals surface area contributed by atoms with Crippen LogP contribution in [0, 0.1) is 5.92 Å². The maximum atomic E-state index is 3.61. The van der Waals surface area contributed by atoms with Crippen LogP contribution in [0.2, 0.25) is 0 Å². The summed E-state index contributed by atoms with van der Waals surface area (Å²) in [5, 5.41) is 7.06. The lowest BCUT2D eigenvalue weighted by molar-refractivity contribution is 0.415. The first-order valence-corrected chi connectivity index (χ1v) is 7.64. The van der Waals surface area contributed by atoms with Crippen LogP contribution in [0.1, 0.15) is 66.2 Å². The zero-order valence-electron chi connectivity index (χ0n) is 12.5. The Labute approximate surface area is 109 Å². The van der Waals surface area contributed by atoms with Gasteiger partial charge in [-0.15, -0.1) is 0 Å². The van der Waals surface area contributed by atoms with E-state index >= 15 is 0 Å². The molecule has 0 aliphatic carbocycles. The van der Waals surface area contributed by atoms with E-state index < -0.39 is 0 Å². The zero-order chi connectivity index (χ0) is 12.9. The summed E-state index contributed by atoms with van der Waals surface area (Å²) in [6.45, 7) is 12.6. The van der Waals surface area contributed by atoms with E-state index in [-0.39, 0.29) is 0 Å². The van der Waals surface area contributed by atoms with Crippen LogP contribution in [0.5, 0.6) is 0 Å². The van der Waals surface area contributed by atoms with Gasteiger partial charge < -0.3 is 10.6 Å². The highest BCUT2D eigenvalue weighted by molar-refractivity contribution is 4.61. The molecule has 0 aromatic heterocycles. The van der Waals surface area contributed by atoms with Gasteiger partial charge in [-0.25, -0.2) is 0 Å². The Hall–Kier alpha value is -0.0800. The molecule has 0 fully saturated rings. The maximum Gasteiger partial charge on any atom is 0.00103 e. The van der Waals surface area contributed by atoms with E-state index in [1.807, 2.05) is 0 Å². The minimum absolute atomic E-state index is 0.626. The molecule has 2 nitrogen and oxygen atoms in total. The van der Waals surface area contributed by atoms with E-state index in [0.29, 0.717) is 6.04 Å². The molecular formula is C15H34N2. The Morgan fingerprint density at radius 3 is 2.24 bits per heavy atom. The van der Waals surface area contributed by atoms with Gasteiger partial charge in [0.05, 0.1) is 0 Å². The van der Waals surface area contributed by atoms with E-state index in [4.69, 9.17) is 0 Å². The number of hydrogen-bond donors (Lipinski definition) is 2. The molecule has 0 aromatic rings. The Morgan fingerprint density at radius 2 is 1.65 bits per heavy atom. The summed E-state index contributed by atoms with van der Waals surface area (Å²) in [5.74, 6) is 0.892. The first kappa shape index (κ1) is 16.9. The largest absolute Gasteiger partial charge is 0.316 e. The van der Waals surface area contributed by atoms with E-state index in [2.05, 4.69) is 38.3 Å². The number of rotatable bonds is 12. The summed E-state index contributed by atoms with van der Waals surface area (Å²) in [6, 6.07) is 0.626. The van der Waals surface area contributed by atoms with Gasteiger partial charge in [0.2, 0.25) is 0 Å². The average Bonchev–Trinajstić information content (AvgIpc) is 2.31. The Balaban J connectivity index is 3.24. The van der Waals surface area contributed by atoms with E-state index in [9.17, 15) is 0 Å². The van der Waals surface area contributed by atoms with Gasteiger partial charge in [0.25, 0.3) is 0 Å². The monoisotopic (exact) mass is 242 g/mol. The first-order valence-electron chi connectivity index (χ1n) is 7.64. The van der Waals surface area contributed by atoms with Crippen molar-refractivity contribution in [3.05, 3.63) is 0 Å². The van der Waals surface area contributed by atoms with Gasteiger partial charge in [0, 0.05) is 6.04 Å². The van der Waals surface area contributed by atoms with Crippen molar-refractivity contribution in [2.75, 3.05) is 19.6 Å². The van der Waals surface area contributed by atoms with E-state index in [1.165, 1.54) is 51.6 Å². The predicted molar refractivity (Wildman–Crippen MR) is 78.5 cm³/mol. The molecule has 0 saturated carbocycles. The van der Waals surface area contributed by atoms with Crippen molar-refractivity contribution in [3.63, 3.8) is 0 Å². The Morgan fingerprint density at radius 1 is 0.941 bits per heavy atom. The van der Waals surface area contributed by atoms with Crippen molar-refractivity contribution in [2.24, 2.45) is 5.92 Å². The van der Waals surface area contributed by atoms with Crippen molar-refractivity contribution >= 4 is 0 Å². The van der Waals surface area contributed by atoms with Gasteiger partial charge in [-0.2, -0.15) is 0 Å². The molecular weight excluding hydrogens is 208 g/mol. The molecule has 0 aliphatic heterocycles. The normalized spacial score (nSPS) is 13.2. The third-order valence-electron chi connectivity index (χ3n) is 3.31. The van der Waals surface area contributed by atoms with Crippen LogP contribution in [0.25, 0.3) is 0 Å². The molecule has 0 spiro atoms. The van der Waals surface area contributed by atoms with Gasteiger partial charge in [-0.05, 0) is 44.8 Å². The molecule has 0 radical (unpaired) electrons. The molecule has 1 atom stereocenters. The van der Waals surface area contributed by atoms with Crippen molar-refractivity contribution in [2.45, 2.75) is 72.3 Å². The molecule has 2 N–H and O–H groups in total. The van der Waals surface area contributed by atoms with E-state index in [0.717, 1.165) is 12.5 Å². The van der Waals surface area contributed by atoms with Crippen LogP contribution in [0.4, 0.5) is 0 Å². The summed E-state index contributed by atoms with van der Waals surface area (Å²) in [6.07, 6.45) is 8.02. The first-order chi connectivity index (χ1) is 8.20. The standard InChI is InChI=1S/C15H34N2/c1-5-7-10-15(6-2)13-16-11-8-9-12-17-14(3)4/h14-17H,5-13H2,1-4H3. The molecule has 104 valence electrons. The molecule has 0 aromatic carbocycles. The van der Waals surface area contributed by atoms with Gasteiger partial charge >= 0.3 is 0 Å². The molecule has 0 rings (SSSR count). The van der Waals surface area contributed by atoms with Crippen LogP contribution in [0.3, 0.4) is 0 Å². The molecule has 17 heavy (non-hydrogen) atoms. The van der Waals surface area contributed by atoms with Crippen LogP contribution in [0.15, 0.2) is 0 Å². The summed E-state index contributed by atoms with van der Waals surface area (Å²) in [5.41, 5.74) is 0. The van der Waals surface area contributed by atoms with Crippen LogP contribution < -0.4 is 10.6 Å². The van der Waals surface area contributed by atoms with Crippen LogP contribution >= 0.6 is 0 Å². The van der Waals surface area contributed by atoms with Gasteiger partial charge in [0.1, 0.15) is 0 Å². The fourth-order valence-electron chi connectivity index (χ4n) is 2.02. The van der Waals surface area contributed by atoms with Crippen molar-refractivity contribution in [1.82, 2.24) is 10.6 Å². The summed E-state index contributed by atoms with van der Waals surface area (Å²) < 4.78 is 0. The second-order valence-electron chi connectivity index (χ2n) is 5.44. The molecule has 0 heterocycles. The lowest BCUT2D eigenvalue weighted by atomic mass is 9.99. The summed E-state index contributed by atoms with van der Waals surface area (Å²) in [4.78, 5) is 0. The Bertz CT molecular complexity index is 146. The molecule has 0 bridgehead atoms. The second kappa shape index (κ2) is 12.4. The molecule has 1 unspecified atom stereocenters. The quantitative estimate of drug-likeness (QED) is 0.511. The molecule has 0 saturated heterocycles. The third-order valence-corrected chi connectivity index (χ3v) is 3.31. The smallest absolute Gasteiger partial charge is 0.00103 e. The fourth-order valence-corrected chi connectivity index (χ4v) is 2.02. The minimum Gasteiger partial charge on any atom is -0.316 e. The number of nitrogens with one attached hydrogen (secondary N) is 2. The van der Waals surface area contributed by atoms with Crippen LogP contribution in [-0.4, -0.2) is 25.7 Å². The minimum atomic E-state index is 0.626. The molecule has 0 aliphatic rings. The third kappa shape index (κ3) is 12.2. The van der Waals surface area contributed by atoms with Gasteiger partial charge in [-0.1, -0.05) is 47.0 Å². The predicted octanol–water partition coefficient (Wildman–Crippen LogP) is 3.57. The zero-order valence-corrected chi connectivity index (χ0v) is 12.5. The highest BCUT2D eigenvalue weighted by atomic mass is 14.9. The SMILES string of the molecule is CCCCC(CC)CNCCCCNC(C)C. The fraction of sp³-hybridized carbons (Fsp3) is 1.00. The second-order valence-corrected chi connectivity index (χ2v) is 5.44. The lowest BCUT2D eigenvalue weighted by Crippen LogP contribution is -2.26. The highest BCUT2D eigenvalue weighted by Gasteiger charge is 2.04. The number of hydrogen-bond acceptors (Lipinski definition) is 2. The average molecular weight is 242 g/mol. The van der Waals surface area contributed by atoms with Gasteiger partial charge in [-0.3, -0.25) is 0 Å². The van der Waals surface area contributed by atoms with E-state index in [1.54, 1.807) is 0 Å². The van der Waals surface area contributed by atoms with Gasteiger partial charge in [0.15, 0.2) is 0 Å². The topological polar surface area (TPSA) is 24.1 Å². The molecule has 0 amide bonds. The summed E-state index contributed by atoms with van der Waals surface area (Å²) >= 11 is 0. The maximum absolute atomic E-state index is 3.61. The lowest BCUT2D eigenvalue weighted by Gasteiger charge is -2.15. The van der Waals surface area contributed by atoms with Crippen LogP contribution in [-0.2, 0) is 0 Å². The van der Waals surface area contributed by atoms with Crippen molar-refractivity contribution < 1.29 is 0 Å². The van der Waals surface area contributed by atoms with Crippen molar-refractivity contribution in [3.8, 4) is 0 Å². The molecule has 2 heteroatoms. The number of unbranched alkanes of at least 4 members (excludes halogenated alkanes) is 2.